The van der Waals surface area contributed by atoms with Crippen LogP contribution in [-0.2, 0) is 22.2 Å². The van der Waals surface area contributed by atoms with E-state index in [0.29, 0.717) is 67.1 Å². The Balaban J connectivity index is 0.000000314. The molecule has 0 aliphatic heterocycles. The van der Waals surface area contributed by atoms with E-state index >= 15 is 0 Å². The van der Waals surface area contributed by atoms with Gasteiger partial charge in [-0.1, -0.05) is 6.07 Å². The quantitative estimate of drug-likeness (QED) is 0.0685. The number of amides is 2. The predicted octanol–water partition coefficient (Wildman–Crippen LogP) is 6.88. The van der Waals surface area contributed by atoms with E-state index in [9.17, 15) is 22.8 Å². The number of nitrogen functional groups attached to an aromatic ring is 1. The number of hydrogen-bond acceptors (Lipinski definition) is 14. The lowest BCUT2D eigenvalue weighted by Crippen LogP contribution is -2.41. The van der Waals surface area contributed by atoms with Gasteiger partial charge in [0.2, 0.25) is 17.8 Å². The molecular formula is C36H54F3N13O4. The number of imidazole rings is 1. The summed E-state index contributed by atoms with van der Waals surface area (Å²) in [6, 6.07) is 4.81. The van der Waals surface area contributed by atoms with E-state index in [1.165, 1.54) is 18.3 Å². The number of nitrogens with one attached hydrogen (secondary N) is 5. The summed E-state index contributed by atoms with van der Waals surface area (Å²) in [5, 5.41) is 15.2. The van der Waals surface area contributed by atoms with Crippen molar-refractivity contribution >= 4 is 58.4 Å². The summed E-state index contributed by atoms with van der Waals surface area (Å²) >= 11 is 0. The number of ether oxygens (including phenoxy) is 2. The number of alkyl carbamates (subject to hydrolysis) is 1. The standard InChI is InChI=1S/C20H24F3N7O2.C16H30N6O2/c1-19(2,3)29-17-25-11-14-15(28-17)30(8-5-9-32-16(24)31)18(27-14)26-13-7-4-6-12(10-13)20(21,22)23;1-15(2,3)21-13-19-10-11(17)12(20-13)18-8-7-9-24-14(23)22-16(4,5)6/h4,6-7,10-11H,5,8-9H2,1-3H3,(H2,24,31)(H,26,27)(H,25,28,29);10H,7-9,17H2,1-6H3,(H,22,23)(H2,18,19,20,21). The fourth-order valence-corrected chi connectivity index (χ4v) is 4.63. The number of carbonyl (C=O) groups excluding carboxylic acids is 2. The normalized spacial score (nSPS) is 11.9. The Kier molecular flexibility index (Phi) is 14.9. The number of nitrogens with two attached hydrogens (primary N) is 2. The van der Waals surface area contributed by atoms with Crippen molar-refractivity contribution in [2.75, 3.05) is 46.8 Å². The highest BCUT2D eigenvalue weighted by molar-refractivity contribution is 5.76. The van der Waals surface area contributed by atoms with Crippen LogP contribution in [0.4, 0.5) is 57.8 Å². The van der Waals surface area contributed by atoms with Crippen molar-refractivity contribution in [3.63, 3.8) is 0 Å². The Morgan fingerprint density at radius 3 is 2.05 bits per heavy atom. The van der Waals surface area contributed by atoms with E-state index in [2.05, 4.69) is 51.5 Å². The molecule has 4 aromatic rings. The van der Waals surface area contributed by atoms with Crippen LogP contribution in [0.15, 0.2) is 36.7 Å². The van der Waals surface area contributed by atoms with Crippen molar-refractivity contribution in [1.29, 1.82) is 0 Å². The summed E-state index contributed by atoms with van der Waals surface area (Å²) in [4.78, 5) is 44.1. The molecule has 0 radical (unpaired) electrons. The van der Waals surface area contributed by atoms with Crippen LogP contribution in [0.3, 0.4) is 0 Å². The number of hydrogen-bond donors (Lipinski definition) is 7. The molecule has 0 bridgehead atoms. The molecule has 0 saturated heterocycles. The van der Waals surface area contributed by atoms with Crippen LogP contribution >= 0.6 is 0 Å². The highest BCUT2D eigenvalue weighted by Crippen LogP contribution is 2.32. The van der Waals surface area contributed by atoms with E-state index in [4.69, 9.17) is 20.9 Å². The third-order valence-corrected chi connectivity index (χ3v) is 6.82. The zero-order chi connectivity index (χ0) is 41.9. The summed E-state index contributed by atoms with van der Waals surface area (Å²) in [7, 11) is 0. The maximum absolute atomic E-state index is 13.1. The average Bonchev–Trinajstić information content (AvgIpc) is 3.37. The van der Waals surface area contributed by atoms with Crippen LogP contribution in [0.2, 0.25) is 0 Å². The smallest absolute Gasteiger partial charge is 0.416 e. The Morgan fingerprint density at radius 2 is 1.45 bits per heavy atom. The van der Waals surface area contributed by atoms with Crippen LogP contribution in [0.1, 0.15) is 80.7 Å². The number of nitrogens with zero attached hydrogens (tertiary/aromatic N) is 6. The number of alkyl halides is 3. The number of anilines is 6. The summed E-state index contributed by atoms with van der Waals surface area (Å²) in [6.07, 6.45) is -1.65. The van der Waals surface area contributed by atoms with Gasteiger partial charge in [0.15, 0.2) is 11.5 Å². The molecule has 308 valence electrons. The maximum atomic E-state index is 13.1. The number of aryl methyl sites for hydroxylation is 1. The minimum absolute atomic E-state index is 0.0657. The molecule has 56 heavy (non-hydrogen) atoms. The van der Waals surface area contributed by atoms with Gasteiger partial charge in [0.25, 0.3) is 0 Å². The zero-order valence-electron chi connectivity index (χ0n) is 33.3. The molecule has 3 aromatic heterocycles. The molecule has 0 aliphatic rings. The van der Waals surface area contributed by atoms with Gasteiger partial charge < -0.3 is 47.5 Å². The topological polar surface area (TPSA) is 234 Å². The summed E-state index contributed by atoms with van der Waals surface area (Å²) < 4.78 is 50.8. The SMILES string of the molecule is CC(C)(C)NC(=O)OCCCNc1nc(NC(C)(C)C)ncc1N.CC(C)(C)Nc1ncc2nc(Nc3cccc(C(F)(F)F)c3)n(CCCOC(N)=O)c2n1. The van der Waals surface area contributed by atoms with Gasteiger partial charge in [-0.15, -0.1) is 0 Å². The second-order valence-corrected chi connectivity index (χ2v) is 15.8. The van der Waals surface area contributed by atoms with Gasteiger partial charge >= 0.3 is 18.4 Å². The molecule has 0 atom stereocenters. The number of halogens is 3. The second-order valence-electron chi connectivity index (χ2n) is 15.8. The molecule has 0 fully saturated rings. The van der Waals surface area contributed by atoms with Crippen LogP contribution < -0.4 is 38.1 Å². The third kappa shape index (κ3) is 15.9. The zero-order valence-corrected chi connectivity index (χ0v) is 33.3. The largest absolute Gasteiger partial charge is 0.450 e. The van der Waals surface area contributed by atoms with Gasteiger partial charge in [-0.25, -0.2) is 24.5 Å². The fourth-order valence-electron chi connectivity index (χ4n) is 4.63. The minimum atomic E-state index is -4.47. The van der Waals surface area contributed by atoms with Crippen molar-refractivity contribution in [2.24, 2.45) is 5.73 Å². The van der Waals surface area contributed by atoms with Crippen molar-refractivity contribution in [3.05, 3.63) is 42.2 Å². The minimum Gasteiger partial charge on any atom is -0.450 e. The molecule has 0 spiro atoms. The predicted molar refractivity (Wildman–Crippen MR) is 211 cm³/mol. The van der Waals surface area contributed by atoms with Crippen LogP contribution in [-0.4, -0.2) is 78.0 Å². The Morgan fingerprint density at radius 1 is 0.821 bits per heavy atom. The second kappa shape index (κ2) is 18.7. The van der Waals surface area contributed by atoms with Gasteiger partial charge in [0.05, 0.1) is 36.9 Å². The number of primary amides is 1. The van der Waals surface area contributed by atoms with Crippen LogP contribution in [0.25, 0.3) is 11.2 Å². The van der Waals surface area contributed by atoms with Crippen LogP contribution in [0, 0.1) is 0 Å². The van der Waals surface area contributed by atoms with Gasteiger partial charge in [0.1, 0.15) is 5.52 Å². The van der Waals surface area contributed by atoms with E-state index in [-0.39, 0.29) is 34.9 Å². The molecule has 17 nitrogen and oxygen atoms in total. The molecule has 4 rings (SSSR count). The third-order valence-electron chi connectivity index (χ3n) is 6.82. The first-order valence-electron chi connectivity index (χ1n) is 17.9. The molecule has 0 saturated carbocycles. The Bertz CT molecular complexity index is 1920. The number of aromatic nitrogens is 6. The molecular weight excluding hydrogens is 735 g/mol. The number of benzene rings is 1. The van der Waals surface area contributed by atoms with Crippen molar-refractivity contribution in [3.8, 4) is 0 Å². The molecule has 1 aromatic carbocycles. The van der Waals surface area contributed by atoms with Crippen molar-refractivity contribution in [1.82, 2.24) is 34.8 Å². The van der Waals surface area contributed by atoms with E-state index < -0.39 is 23.9 Å². The number of fused-ring (bicyclic) bond motifs is 1. The number of rotatable bonds is 13. The average molecular weight is 790 g/mol. The van der Waals surface area contributed by atoms with Gasteiger partial charge in [-0.05, 0) is 93.4 Å². The molecule has 3 heterocycles. The number of carbonyl (C=O) groups is 2. The first kappa shape index (κ1) is 44.6. The molecule has 0 aliphatic carbocycles. The molecule has 9 N–H and O–H groups in total. The first-order chi connectivity index (χ1) is 25.9. The van der Waals surface area contributed by atoms with E-state index in [0.717, 1.165) is 12.1 Å². The van der Waals surface area contributed by atoms with Gasteiger partial charge in [-0.3, -0.25) is 4.57 Å². The monoisotopic (exact) mass is 789 g/mol. The lowest BCUT2D eigenvalue weighted by molar-refractivity contribution is -0.137. The molecule has 0 unspecified atom stereocenters. The first-order valence-corrected chi connectivity index (χ1v) is 17.9. The van der Waals surface area contributed by atoms with Crippen molar-refractivity contribution < 1.29 is 32.2 Å². The van der Waals surface area contributed by atoms with Crippen LogP contribution in [0.5, 0.6) is 0 Å². The summed E-state index contributed by atoms with van der Waals surface area (Å²) in [5.74, 6) is 1.74. The molecule has 20 heteroatoms. The van der Waals surface area contributed by atoms with Crippen molar-refractivity contribution in [2.45, 2.75) is 104 Å². The van der Waals surface area contributed by atoms with Gasteiger partial charge in [0, 0.05) is 35.4 Å². The van der Waals surface area contributed by atoms with E-state index in [1.54, 1.807) is 10.8 Å². The lowest BCUT2D eigenvalue weighted by Gasteiger charge is -2.21. The summed E-state index contributed by atoms with van der Waals surface area (Å²) in [5.41, 5.74) is 11.0. The maximum Gasteiger partial charge on any atom is 0.416 e. The highest BCUT2D eigenvalue weighted by atomic mass is 19.4. The fraction of sp³-hybridized carbons (Fsp3) is 0.528. The Hall–Kier alpha value is -5.82. The lowest BCUT2D eigenvalue weighted by atomic mass is 10.1. The highest BCUT2D eigenvalue weighted by Gasteiger charge is 2.30. The Labute approximate surface area is 324 Å². The summed E-state index contributed by atoms with van der Waals surface area (Å²) in [6.45, 7) is 18.9. The molecule has 2 amide bonds. The van der Waals surface area contributed by atoms with E-state index in [1.807, 2.05) is 62.3 Å². The van der Waals surface area contributed by atoms with Gasteiger partial charge in [-0.2, -0.15) is 23.1 Å².